The van der Waals surface area contributed by atoms with Crippen LogP contribution in [0.5, 0.6) is 5.75 Å². The van der Waals surface area contributed by atoms with Gasteiger partial charge in [0.2, 0.25) is 0 Å². The number of hydrogen-bond donors (Lipinski definition) is 1. The standard InChI is InChI=1S/C29H34F2N2O4/c1-4-7-23-25(36-19(3)5-2)13-10-21-16-24(28(35)37-26(21)23)27(34)32-22-11-8-20(9-12-22)17-33-15-6-14-29(30,31)18-33/h8-13,16,19H,4-7,14-15,17-18H2,1-3H3,(H,32,34)/t19-/m0/s1. The quantitative estimate of drug-likeness (QED) is 0.336. The van der Waals surface area contributed by atoms with Gasteiger partial charge in [-0.15, -0.1) is 0 Å². The molecule has 1 aliphatic heterocycles. The number of aryl methyl sites for hydroxylation is 1. The lowest BCUT2D eigenvalue weighted by molar-refractivity contribution is -0.0661. The minimum atomic E-state index is -2.65. The number of hydrogen-bond acceptors (Lipinski definition) is 5. The van der Waals surface area contributed by atoms with Crippen LogP contribution in [-0.4, -0.2) is 35.9 Å². The minimum Gasteiger partial charge on any atom is -0.490 e. The van der Waals surface area contributed by atoms with Gasteiger partial charge in [0.15, 0.2) is 0 Å². The van der Waals surface area contributed by atoms with Crippen LogP contribution in [0.2, 0.25) is 0 Å². The Balaban J connectivity index is 1.50. The van der Waals surface area contributed by atoms with Crippen molar-refractivity contribution in [2.75, 3.05) is 18.4 Å². The lowest BCUT2D eigenvalue weighted by atomic mass is 10.0. The number of rotatable bonds is 9. The number of ether oxygens (including phenoxy) is 1. The van der Waals surface area contributed by atoms with Crippen molar-refractivity contribution < 1.29 is 22.7 Å². The Morgan fingerprint density at radius 1 is 1.19 bits per heavy atom. The molecule has 4 rings (SSSR count). The number of alkyl halides is 2. The van der Waals surface area contributed by atoms with Crippen molar-refractivity contribution in [3.05, 3.63) is 69.6 Å². The summed E-state index contributed by atoms with van der Waals surface area (Å²) in [7, 11) is 0. The van der Waals surface area contributed by atoms with Crippen molar-refractivity contribution >= 4 is 22.6 Å². The monoisotopic (exact) mass is 512 g/mol. The lowest BCUT2D eigenvalue weighted by Gasteiger charge is -2.32. The summed E-state index contributed by atoms with van der Waals surface area (Å²) in [6.07, 6.45) is 2.81. The number of likely N-dealkylation sites (tertiary alicyclic amines) is 1. The van der Waals surface area contributed by atoms with Crippen LogP contribution in [0, 0.1) is 0 Å². The Bertz CT molecular complexity index is 1300. The summed E-state index contributed by atoms with van der Waals surface area (Å²) < 4.78 is 39.0. The summed E-state index contributed by atoms with van der Waals surface area (Å²) in [5.74, 6) is -2.53. The van der Waals surface area contributed by atoms with E-state index in [1.54, 1.807) is 41.3 Å². The van der Waals surface area contributed by atoms with Gasteiger partial charge >= 0.3 is 5.63 Å². The molecule has 1 atom stereocenters. The highest BCUT2D eigenvalue weighted by molar-refractivity contribution is 6.05. The molecular formula is C29H34F2N2O4. The number of piperidine rings is 1. The third-order valence-electron chi connectivity index (χ3n) is 6.70. The van der Waals surface area contributed by atoms with Crippen LogP contribution in [0.25, 0.3) is 11.0 Å². The largest absolute Gasteiger partial charge is 0.490 e. The molecule has 3 aromatic rings. The topological polar surface area (TPSA) is 71.8 Å². The van der Waals surface area contributed by atoms with Crippen LogP contribution in [0.1, 0.15) is 67.9 Å². The summed E-state index contributed by atoms with van der Waals surface area (Å²) in [4.78, 5) is 27.5. The predicted molar refractivity (Wildman–Crippen MR) is 141 cm³/mol. The number of nitrogens with one attached hydrogen (secondary N) is 1. The maximum absolute atomic E-state index is 13.7. The molecule has 1 aliphatic rings. The highest BCUT2D eigenvalue weighted by Crippen LogP contribution is 2.31. The van der Waals surface area contributed by atoms with Crippen LogP contribution in [-0.2, 0) is 13.0 Å². The lowest BCUT2D eigenvalue weighted by Crippen LogP contribution is -2.41. The summed E-state index contributed by atoms with van der Waals surface area (Å²) >= 11 is 0. The molecule has 2 aromatic carbocycles. The van der Waals surface area contributed by atoms with Gasteiger partial charge in [0.25, 0.3) is 11.8 Å². The molecule has 0 saturated carbocycles. The normalized spacial score (nSPS) is 16.5. The van der Waals surface area contributed by atoms with Crippen LogP contribution in [0.3, 0.4) is 0 Å². The molecule has 198 valence electrons. The van der Waals surface area contributed by atoms with Crippen LogP contribution >= 0.6 is 0 Å². The molecule has 1 aromatic heterocycles. The number of fused-ring (bicyclic) bond motifs is 1. The number of halogens is 2. The van der Waals surface area contributed by atoms with Crippen molar-refractivity contribution in [1.82, 2.24) is 4.90 Å². The van der Waals surface area contributed by atoms with Gasteiger partial charge in [-0.3, -0.25) is 9.69 Å². The Labute approximate surface area is 215 Å². The van der Waals surface area contributed by atoms with Crippen molar-refractivity contribution in [3.8, 4) is 5.75 Å². The number of amides is 1. The third kappa shape index (κ3) is 6.55. The van der Waals surface area contributed by atoms with E-state index in [2.05, 4.69) is 5.32 Å². The first-order valence-corrected chi connectivity index (χ1v) is 13.0. The van der Waals surface area contributed by atoms with Gasteiger partial charge in [0, 0.05) is 29.6 Å². The fraction of sp³-hybridized carbons (Fsp3) is 0.448. The van der Waals surface area contributed by atoms with Crippen LogP contribution < -0.4 is 15.7 Å². The summed E-state index contributed by atoms with van der Waals surface area (Å²) in [5.41, 5.74) is 1.83. The summed E-state index contributed by atoms with van der Waals surface area (Å²) in [6.45, 7) is 6.88. The average Bonchev–Trinajstić information content (AvgIpc) is 2.85. The van der Waals surface area contributed by atoms with E-state index in [-0.39, 0.29) is 24.6 Å². The fourth-order valence-corrected chi connectivity index (χ4v) is 4.61. The Morgan fingerprint density at radius 2 is 1.95 bits per heavy atom. The predicted octanol–water partition coefficient (Wildman–Crippen LogP) is 6.41. The molecule has 2 heterocycles. The molecular weight excluding hydrogens is 478 g/mol. The van der Waals surface area contributed by atoms with Gasteiger partial charge < -0.3 is 14.5 Å². The van der Waals surface area contributed by atoms with Crippen LogP contribution in [0.15, 0.2) is 51.7 Å². The van der Waals surface area contributed by atoms with E-state index in [0.29, 0.717) is 48.3 Å². The zero-order valence-electron chi connectivity index (χ0n) is 21.6. The minimum absolute atomic E-state index is 0.0250. The van der Waals surface area contributed by atoms with Crippen molar-refractivity contribution in [3.63, 3.8) is 0 Å². The van der Waals surface area contributed by atoms with E-state index in [4.69, 9.17) is 9.15 Å². The first-order chi connectivity index (χ1) is 17.7. The first kappa shape index (κ1) is 26.8. The van der Waals surface area contributed by atoms with Crippen molar-refractivity contribution in [1.29, 1.82) is 0 Å². The van der Waals surface area contributed by atoms with E-state index < -0.39 is 17.5 Å². The number of anilines is 1. The third-order valence-corrected chi connectivity index (χ3v) is 6.70. The van der Waals surface area contributed by atoms with Crippen molar-refractivity contribution in [2.45, 2.75) is 71.4 Å². The molecule has 8 heteroatoms. The molecule has 0 bridgehead atoms. The van der Waals surface area contributed by atoms with Gasteiger partial charge in [-0.05, 0) is 68.6 Å². The van der Waals surface area contributed by atoms with Crippen molar-refractivity contribution in [2.24, 2.45) is 0 Å². The van der Waals surface area contributed by atoms with Gasteiger partial charge in [0.05, 0.1) is 12.6 Å². The second-order valence-corrected chi connectivity index (χ2v) is 9.82. The van der Waals surface area contributed by atoms with Gasteiger partial charge in [-0.25, -0.2) is 13.6 Å². The molecule has 0 aliphatic carbocycles. The highest BCUT2D eigenvalue weighted by Gasteiger charge is 2.34. The second-order valence-electron chi connectivity index (χ2n) is 9.82. The maximum atomic E-state index is 13.7. The first-order valence-electron chi connectivity index (χ1n) is 13.0. The molecule has 1 saturated heterocycles. The molecule has 1 amide bonds. The van der Waals surface area contributed by atoms with E-state index >= 15 is 0 Å². The molecule has 0 unspecified atom stereocenters. The van der Waals surface area contributed by atoms with E-state index in [1.165, 1.54) is 0 Å². The molecule has 6 nitrogen and oxygen atoms in total. The van der Waals surface area contributed by atoms with Gasteiger partial charge in [0.1, 0.15) is 16.9 Å². The summed E-state index contributed by atoms with van der Waals surface area (Å²) in [5, 5.41) is 3.39. The SMILES string of the molecule is CCCc1c(O[C@@H](C)CC)ccc2cc(C(=O)Nc3ccc(CN4CCCC(F)(F)C4)cc3)c(=O)oc12. The molecule has 0 spiro atoms. The molecule has 1 fully saturated rings. The fourth-order valence-electron chi connectivity index (χ4n) is 4.61. The molecule has 0 radical (unpaired) electrons. The number of carbonyl (C=O) groups excluding carboxylic acids is 1. The Morgan fingerprint density at radius 3 is 2.62 bits per heavy atom. The van der Waals surface area contributed by atoms with E-state index in [1.807, 2.05) is 26.8 Å². The smallest absolute Gasteiger partial charge is 0.349 e. The highest BCUT2D eigenvalue weighted by atomic mass is 19.3. The Hall–Kier alpha value is -3.26. The average molecular weight is 513 g/mol. The Kier molecular flexibility index (Phi) is 8.27. The molecule has 37 heavy (non-hydrogen) atoms. The van der Waals surface area contributed by atoms with Gasteiger partial charge in [-0.2, -0.15) is 0 Å². The second kappa shape index (κ2) is 11.4. The number of carbonyl (C=O) groups is 1. The summed E-state index contributed by atoms with van der Waals surface area (Å²) in [6, 6.07) is 12.2. The maximum Gasteiger partial charge on any atom is 0.349 e. The van der Waals surface area contributed by atoms with E-state index in [0.717, 1.165) is 24.0 Å². The number of nitrogens with zero attached hydrogens (tertiary/aromatic N) is 1. The molecule has 1 N–H and O–H groups in total. The van der Waals surface area contributed by atoms with Crippen LogP contribution in [0.4, 0.5) is 14.5 Å². The van der Waals surface area contributed by atoms with Gasteiger partial charge in [-0.1, -0.05) is 32.4 Å². The zero-order valence-corrected chi connectivity index (χ0v) is 21.6. The van der Waals surface area contributed by atoms with E-state index in [9.17, 15) is 18.4 Å². The zero-order chi connectivity index (χ0) is 26.6. The number of benzene rings is 2.